The molecule has 8 heteroatoms. The topological polar surface area (TPSA) is 99.2 Å². The van der Waals surface area contributed by atoms with Gasteiger partial charge in [0.15, 0.2) is 0 Å². The number of hydroxylamine groups is 2. The highest BCUT2D eigenvalue weighted by molar-refractivity contribution is 6.01. The minimum Gasteiger partial charge on any atom is -0.429 e. The van der Waals surface area contributed by atoms with Crippen molar-refractivity contribution < 1.29 is 33.5 Å². The first-order valence-electron chi connectivity index (χ1n) is 6.07. The molecule has 1 rings (SSSR count). The molecule has 0 spiro atoms. The van der Waals surface area contributed by atoms with E-state index in [9.17, 15) is 19.2 Å². The van der Waals surface area contributed by atoms with Crippen molar-refractivity contribution in [2.24, 2.45) is 0 Å². The molecule has 0 aromatic rings. The molecule has 0 saturated carbocycles. The van der Waals surface area contributed by atoms with Gasteiger partial charge in [-0.1, -0.05) is 0 Å². The summed E-state index contributed by atoms with van der Waals surface area (Å²) in [5.41, 5.74) is -0.762. The van der Waals surface area contributed by atoms with Crippen LogP contribution in [0, 0.1) is 0 Å². The molecule has 0 aromatic carbocycles. The number of amides is 2. The number of hydrogen-bond donors (Lipinski definition) is 0. The highest BCUT2D eigenvalue weighted by Gasteiger charge is 2.35. The molecule has 112 valence electrons. The van der Waals surface area contributed by atoms with Crippen LogP contribution in [0.3, 0.4) is 0 Å². The Bertz CT molecular complexity index is 422. The van der Waals surface area contributed by atoms with Crippen LogP contribution in [-0.4, -0.2) is 40.7 Å². The van der Waals surface area contributed by atoms with Crippen LogP contribution in [0.25, 0.3) is 0 Å². The zero-order valence-corrected chi connectivity index (χ0v) is 11.8. The van der Waals surface area contributed by atoms with Gasteiger partial charge in [0.05, 0.1) is 0 Å². The van der Waals surface area contributed by atoms with Crippen molar-refractivity contribution in [2.75, 3.05) is 0 Å². The predicted octanol–water partition coefficient (Wildman–Crippen LogP) is 0.934. The Hall–Kier alpha value is -2.12. The maximum atomic E-state index is 11.6. The van der Waals surface area contributed by atoms with E-state index in [0.29, 0.717) is 5.06 Å². The van der Waals surface area contributed by atoms with Gasteiger partial charge in [-0.3, -0.25) is 9.59 Å². The van der Waals surface area contributed by atoms with Crippen LogP contribution in [0.2, 0.25) is 0 Å². The van der Waals surface area contributed by atoms with E-state index in [1.54, 1.807) is 20.8 Å². The molecule has 1 saturated heterocycles. The largest absolute Gasteiger partial charge is 0.509 e. The molecule has 0 N–H and O–H groups in total. The lowest BCUT2D eigenvalue weighted by atomic mass is 10.2. The number of ether oxygens (including phenoxy) is 2. The highest BCUT2D eigenvalue weighted by atomic mass is 16.8. The lowest BCUT2D eigenvalue weighted by molar-refractivity contribution is -0.203. The van der Waals surface area contributed by atoms with Crippen LogP contribution in [0.5, 0.6) is 0 Å². The second-order valence-corrected chi connectivity index (χ2v) is 5.22. The second-order valence-electron chi connectivity index (χ2n) is 5.22. The lowest BCUT2D eigenvalue weighted by Gasteiger charge is -2.21. The zero-order valence-electron chi connectivity index (χ0n) is 11.8. The third kappa shape index (κ3) is 4.52. The SMILES string of the molecule is C[C@@H](OC(=O)OC(C)(C)C)C(=O)ON1C(=O)CCC1=O. The van der Waals surface area contributed by atoms with Crippen molar-refractivity contribution in [3.8, 4) is 0 Å². The van der Waals surface area contributed by atoms with Gasteiger partial charge in [0.1, 0.15) is 5.60 Å². The summed E-state index contributed by atoms with van der Waals surface area (Å²) in [4.78, 5) is 50.0. The van der Waals surface area contributed by atoms with Crippen molar-refractivity contribution >= 4 is 23.9 Å². The van der Waals surface area contributed by atoms with E-state index in [2.05, 4.69) is 9.57 Å². The quantitative estimate of drug-likeness (QED) is 0.562. The van der Waals surface area contributed by atoms with Crippen molar-refractivity contribution in [1.82, 2.24) is 5.06 Å². The summed E-state index contributed by atoms with van der Waals surface area (Å²) in [6.07, 6.45) is -2.35. The summed E-state index contributed by atoms with van der Waals surface area (Å²) in [7, 11) is 0. The Balaban J connectivity index is 2.49. The number of carbonyl (C=O) groups is 4. The molecule has 20 heavy (non-hydrogen) atoms. The summed E-state index contributed by atoms with van der Waals surface area (Å²) >= 11 is 0. The molecule has 0 radical (unpaired) electrons. The van der Waals surface area contributed by atoms with Gasteiger partial charge in [-0.05, 0) is 27.7 Å². The molecule has 1 fully saturated rings. The Morgan fingerprint density at radius 2 is 1.65 bits per heavy atom. The standard InChI is InChI=1S/C12H17NO7/c1-7(18-11(17)19-12(2,3)4)10(16)20-13-8(14)5-6-9(13)15/h7H,5-6H2,1-4H3/t7-/m1/s1. The maximum absolute atomic E-state index is 11.6. The molecule has 0 bridgehead atoms. The van der Waals surface area contributed by atoms with Gasteiger partial charge in [0.2, 0.25) is 6.10 Å². The molecule has 1 aliphatic heterocycles. The third-order valence-electron chi connectivity index (χ3n) is 2.18. The van der Waals surface area contributed by atoms with E-state index in [4.69, 9.17) is 4.74 Å². The van der Waals surface area contributed by atoms with E-state index >= 15 is 0 Å². The van der Waals surface area contributed by atoms with Gasteiger partial charge < -0.3 is 14.3 Å². The smallest absolute Gasteiger partial charge is 0.429 e. The molecular weight excluding hydrogens is 270 g/mol. The number of nitrogens with zero attached hydrogens (tertiary/aromatic N) is 1. The fourth-order valence-electron chi connectivity index (χ4n) is 1.29. The van der Waals surface area contributed by atoms with Crippen LogP contribution in [0.1, 0.15) is 40.5 Å². The Morgan fingerprint density at radius 1 is 1.15 bits per heavy atom. The average Bonchev–Trinajstić information content (AvgIpc) is 2.57. The second kappa shape index (κ2) is 5.89. The van der Waals surface area contributed by atoms with Crippen LogP contribution in [0.15, 0.2) is 0 Å². The van der Waals surface area contributed by atoms with Crippen molar-refractivity contribution in [3.63, 3.8) is 0 Å². The number of imide groups is 1. The molecule has 0 unspecified atom stereocenters. The van der Waals surface area contributed by atoms with E-state index in [-0.39, 0.29) is 12.8 Å². The van der Waals surface area contributed by atoms with Gasteiger partial charge in [-0.15, -0.1) is 5.06 Å². The van der Waals surface area contributed by atoms with Crippen LogP contribution < -0.4 is 0 Å². The molecule has 0 aromatic heterocycles. The zero-order chi connectivity index (χ0) is 15.5. The number of carbonyl (C=O) groups excluding carboxylic acids is 4. The number of hydrogen-bond acceptors (Lipinski definition) is 7. The van der Waals surface area contributed by atoms with E-state index in [0.717, 1.165) is 0 Å². The van der Waals surface area contributed by atoms with E-state index in [1.807, 2.05) is 0 Å². The first-order chi connectivity index (χ1) is 9.10. The van der Waals surface area contributed by atoms with Gasteiger partial charge >= 0.3 is 12.1 Å². The van der Waals surface area contributed by atoms with Gasteiger partial charge in [-0.25, -0.2) is 9.59 Å². The van der Waals surface area contributed by atoms with Gasteiger partial charge in [0.25, 0.3) is 11.8 Å². The highest BCUT2D eigenvalue weighted by Crippen LogP contribution is 2.14. The molecule has 8 nitrogen and oxygen atoms in total. The molecule has 0 aliphatic carbocycles. The minimum atomic E-state index is -1.30. The van der Waals surface area contributed by atoms with Gasteiger partial charge in [-0.2, -0.15) is 0 Å². The normalized spacial score (nSPS) is 16.9. The monoisotopic (exact) mass is 287 g/mol. The fraction of sp³-hybridized carbons (Fsp3) is 0.667. The van der Waals surface area contributed by atoms with Crippen LogP contribution >= 0.6 is 0 Å². The number of rotatable bonds is 3. The third-order valence-corrected chi connectivity index (χ3v) is 2.18. The summed E-state index contributed by atoms with van der Waals surface area (Å²) in [6, 6.07) is 0. The lowest BCUT2D eigenvalue weighted by Crippen LogP contribution is -2.38. The molecule has 1 heterocycles. The fourth-order valence-corrected chi connectivity index (χ4v) is 1.29. The van der Waals surface area contributed by atoms with E-state index < -0.39 is 35.6 Å². The van der Waals surface area contributed by atoms with Crippen molar-refractivity contribution in [1.29, 1.82) is 0 Å². The summed E-state index contributed by atoms with van der Waals surface area (Å²) in [6.45, 7) is 6.16. The maximum Gasteiger partial charge on any atom is 0.509 e. The summed E-state index contributed by atoms with van der Waals surface area (Å²) < 4.78 is 9.54. The summed E-state index contributed by atoms with van der Waals surface area (Å²) in [5, 5.41) is 0.386. The first-order valence-corrected chi connectivity index (χ1v) is 6.07. The van der Waals surface area contributed by atoms with Crippen molar-refractivity contribution in [3.05, 3.63) is 0 Å². The van der Waals surface area contributed by atoms with Crippen LogP contribution in [-0.2, 0) is 28.7 Å². The van der Waals surface area contributed by atoms with Crippen molar-refractivity contribution in [2.45, 2.75) is 52.2 Å². The molecule has 1 aliphatic rings. The minimum absolute atomic E-state index is 0.00653. The summed E-state index contributed by atoms with van der Waals surface area (Å²) in [5.74, 6) is -2.24. The Labute approximate surface area is 115 Å². The van der Waals surface area contributed by atoms with Crippen LogP contribution in [0.4, 0.5) is 4.79 Å². The van der Waals surface area contributed by atoms with E-state index in [1.165, 1.54) is 6.92 Å². The average molecular weight is 287 g/mol. The Morgan fingerprint density at radius 3 is 2.10 bits per heavy atom. The van der Waals surface area contributed by atoms with Gasteiger partial charge in [0, 0.05) is 12.8 Å². The molecule has 2 amide bonds. The molecular formula is C12H17NO7. The Kier molecular flexibility index (Phi) is 4.69. The predicted molar refractivity (Wildman–Crippen MR) is 64.0 cm³/mol. The first kappa shape index (κ1) is 15.9. The molecule has 1 atom stereocenters.